The maximum Gasteiger partial charge on any atom is 0.338 e. The number of nitro groups is 1. The van der Waals surface area contributed by atoms with Crippen LogP contribution in [0.25, 0.3) is 17.1 Å². The molecule has 0 amide bonds. The van der Waals surface area contributed by atoms with Gasteiger partial charge < -0.3 is 5.73 Å². The van der Waals surface area contributed by atoms with Crippen LogP contribution in [0, 0.1) is 10.1 Å². The molecule has 8 nitrogen and oxygen atoms in total. The quantitative estimate of drug-likeness (QED) is 0.579. The lowest BCUT2D eigenvalue weighted by atomic mass is 10.2. The summed E-state index contributed by atoms with van der Waals surface area (Å²) in [5.41, 5.74) is 6.65. The lowest BCUT2D eigenvalue weighted by Gasteiger charge is -2.07. The van der Waals surface area contributed by atoms with Crippen LogP contribution in [0.1, 0.15) is 0 Å². The lowest BCUT2D eigenvalue weighted by molar-refractivity contribution is -0.383. The van der Waals surface area contributed by atoms with Gasteiger partial charge in [0.05, 0.1) is 22.5 Å². The first-order valence-corrected chi connectivity index (χ1v) is 6.03. The van der Waals surface area contributed by atoms with E-state index in [-0.39, 0.29) is 17.2 Å². The Kier molecular flexibility index (Phi) is 3.03. The highest BCUT2D eigenvalue weighted by atomic mass is 16.6. The Balaban J connectivity index is 2.22. The van der Waals surface area contributed by atoms with E-state index in [4.69, 9.17) is 5.73 Å². The van der Waals surface area contributed by atoms with Crippen molar-refractivity contribution in [1.82, 2.24) is 19.7 Å². The normalized spacial score (nSPS) is 10.5. The summed E-state index contributed by atoms with van der Waals surface area (Å²) in [5, 5.41) is 15.4. The summed E-state index contributed by atoms with van der Waals surface area (Å²) in [7, 11) is 0. The molecule has 1 aromatic carbocycles. The third kappa shape index (κ3) is 2.18. The van der Waals surface area contributed by atoms with Gasteiger partial charge in [-0.25, -0.2) is 14.6 Å². The number of para-hydroxylation sites is 1. The van der Waals surface area contributed by atoms with Gasteiger partial charge in [-0.3, -0.25) is 10.1 Å². The van der Waals surface area contributed by atoms with Crippen LogP contribution in [0.4, 0.5) is 11.5 Å². The zero-order chi connectivity index (χ0) is 14.8. The number of nitrogens with zero attached hydrogens (tertiary/aromatic N) is 5. The smallest absolute Gasteiger partial charge is 0.338 e. The SMILES string of the molecule is Nc1ncnc(-c2ccnn2-c2ccccc2)c1[N+](=O)[O-]. The van der Waals surface area contributed by atoms with E-state index in [1.165, 1.54) is 6.33 Å². The summed E-state index contributed by atoms with van der Waals surface area (Å²) < 4.78 is 1.56. The first-order chi connectivity index (χ1) is 10.2. The van der Waals surface area contributed by atoms with Crippen LogP contribution in [-0.4, -0.2) is 24.7 Å². The number of rotatable bonds is 3. The zero-order valence-corrected chi connectivity index (χ0v) is 10.7. The number of hydrogen-bond donors (Lipinski definition) is 1. The fourth-order valence-electron chi connectivity index (χ4n) is 2.02. The molecule has 0 aliphatic heterocycles. The van der Waals surface area contributed by atoms with E-state index in [1.807, 2.05) is 30.3 Å². The van der Waals surface area contributed by atoms with Crippen molar-refractivity contribution < 1.29 is 4.92 Å². The fourth-order valence-corrected chi connectivity index (χ4v) is 2.02. The maximum atomic E-state index is 11.2. The lowest BCUT2D eigenvalue weighted by Crippen LogP contribution is -2.05. The summed E-state index contributed by atoms with van der Waals surface area (Å²) in [6.07, 6.45) is 2.74. The second-order valence-corrected chi connectivity index (χ2v) is 4.18. The predicted octanol–water partition coefficient (Wildman–Crippen LogP) is 1.82. The van der Waals surface area contributed by atoms with Gasteiger partial charge in [-0.15, -0.1) is 0 Å². The highest BCUT2D eigenvalue weighted by Gasteiger charge is 2.24. The monoisotopic (exact) mass is 282 g/mol. The number of nitrogens with two attached hydrogens (primary N) is 1. The van der Waals surface area contributed by atoms with Crippen molar-refractivity contribution >= 4 is 11.5 Å². The van der Waals surface area contributed by atoms with E-state index in [1.54, 1.807) is 16.9 Å². The third-order valence-electron chi connectivity index (χ3n) is 2.92. The Morgan fingerprint density at radius 2 is 1.90 bits per heavy atom. The molecule has 0 bridgehead atoms. The first-order valence-electron chi connectivity index (χ1n) is 6.03. The maximum absolute atomic E-state index is 11.2. The minimum Gasteiger partial charge on any atom is -0.378 e. The average Bonchev–Trinajstić information content (AvgIpc) is 2.96. The van der Waals surface area contributed by atoms with E-state index in [0.717, 1.165) is 5.69 Å². The molecular weight excluding hydrogens is 272 g/mol. The molecule has 0 aliphatic carbocycles. The van der Waals surface area contributed by atoms with Crippen LogP contribution >= 0.6 is 0 Å². The molecule has 0 atom stereocenters. The molecule has 3 aromatic rings. The third-order valence-corrected chi connectivity index (χ3v) is 2.92. The van der Waals surface area contributed by atoms with Crippen LogP contribution < -0.4 is 5.73 Å². The summed E-state index contributed by atoms with van der Waals surface area (Å²) in [6.45, 7) is 0. The largest absolute Gasteiger partial charge is 0.378 e. The number of anilines is 1. The molecule has 0 aliphatic rings. The van der Waals surface area contributed by atoms with E-state index < -0.39 is 4.92 Å². The minimum atomic E-state index is -0.590. The van der Waals surface area contributed by atoms with E-state index >= 15 is 0 Å². The Morgan fingerprint density at radius 1 is 1.14 bits per heavy atom. The molecule has 0 fully saturated rings. The van der Waals surface area contributed by atoms with Crippen LogP contribution in [0.15, 0.2) is 48.9 Å². The first kappa shape index (κ1) is 12.7. The van der Waals surface area contributed by atoms with E-state index in [2.05, 4.69) is 15.1 Å². The molecule has 0 spiro atoms. The van der Waals surface area contributed by atoms with Crippen molar-refractivity contribution in [2.45, 2.75) is 0 Å². The Morgan fingerprint density at radius 3 is 2.62 bits per heavy atom. The molecule has 2 heterocycles. The van der Waals surface area contributed by atoms with Gasteiger partial charge in [0, 0.05) is 0 Å². The van der Waals surface area contributed by atoms with Gasteiger partial charge in [-0.05, 0) is 18.2 Å². The molecule has 0 unspecified atom stereocenters. The van der Waals surface area contributed by atoms with E-state index in [0.29, 0.717) is 5.69 Å². The van der Waals surface area contributed by atoms with Crippen molar-refractivity contribution in [2.24, 2.45) is 0 Å². The van der Waals surface area contributed by atoms with Gasteiger partial charge in [-0.1, -0.05) is 18.2 Å². The summed E-state index contributed by atoms with van der Waals surface area (Å²) >= 11 is 0. The summed E-state index contributed by atoms with van der Waals surface area (Å²) in [6, 6.07) is 10.9. The van der Waals surface area contributed by atoms with Crippen molar-refractivity contribution in [3.63, 3.8) is 0 Å². The van der Waals surface area contributed by atoms with Crippen LogP contribution in [0.5, 0.6) is 0 Å². The van der Waals surface area contributed by atoms with Gasteiger partial charge in [0.25, 0.3) is 0 Å². The van der Waals surface area contributed by atoms with Crippen molar-refractivity contribution in [2.75, 3.05) is 5.73 Å². The van der Waals surface area contributed by atoms with Crippen LogP contribution in [-0.2, 0) is 0 Å². The number of hydrogen-bond acceptors (Lipinski definition) is 6. The zero-order valence-electron chi connectivity index (χ0n) is 10.7. The molecule has 8 heteroatoms. The topological polar surface area (TPSA) is 113 Å². The van der Waals surface area contributed by atoms with Gasteiger partial charge in [-0.2, -0.15) is 5.10 Å². The Labute approximate surface area is 119 Å². The molecule has 21 heavy (non-hydrogen) atoms. The molecule has 2 aromatic heterocycles. The number of nitrogen functional groups attached to an aromatic ring is 1. The van der Waals surface area contributed by atoms with Gasteiger partial charge >= 0.3 is 5.69 Å². The summed E-state index contributed by atoms with van der Waals surface area (Å²) in [4.78, 5) is 18.3. The molecule has 104 valence electrons. The van der Waals surface area contributed by atoms with Crippen LogP contribution in [0.3, 0.4) is 0 Å². The summed E-state index contributed by atoms with van der Waals surface area (Å²) in [5.74, 6) is -0.175. The molecule has 0 radical (unpaired) electrons. The molecule has 0 saturated carbocycles. The van der Waals surface area contributed by atoms with Crippen molar-refractivity contribution in [1.29, 1.82) is 0 Å². The van der Waals surface area contributed by atoms with Gasteiger partial charge in [0.15, 0.2) is 5.69 Å². The highest BCUT2D eigenvalue weighted by Crippen LogP contribution is 2.31. The van der Waals surface area contributed by atoms with E-state index in [9.17, 15) is 10.1 Å². The standard InChI is InChI=1S/C13H10N6O2/c14-13-12(19(20)21)11(15-8-16-13)10-6-7-17-18(10)9-4-2-1-3-5-9/h1-8H,(H2,14,15,16). The average molecular weight is 282 g/mol. The van der Waals surface area contributed by atoms with Gasteiger partial charge in [0.1, 0.15) is 6.33 Å². The minimum absolute atomic E-state index is 0.133. The van der Waals surface area contributed by atoms with Crippen molar-refractivity contribution in [3.8, 4) is 17.1 Å². The number of aromatic nitrogens is 4. The van der Waals surface area contributed by atoms with Crippen LogP contribution in [0.2, 0.25) is 0 Å². The fraction of sp³-hybridized carbons (Fsp3) is 0. The Bertz CT molecular complexity index is 799. The molecule has 3 rings (SSSR count). The second kappa shape index (κ2) is 5.00. The number of benzene rings is 1. The predicted molar refractivity (Wildman–Crippen MR) is 75.7 cm³/mol. The molecular formula is C13H10N6O2. The molecule has 2 N–H and O–H groups in total. The van der Waals surface area contributed by atoms with Crippen molar-refractivity contribution in [3.05, 3.63) is 59.0 Å². The highest BCUT2D eigenvalue weighted by molar-refractivity contribution is 5.74. The second-order valence-electron chi connectivity index (χ2n) is 4.18. The Hall–Kier alpha value is -3.29. The van der Waals surface area contributed by atoms with Gasteiger partial charge in [0.2, 0.25) is 5.82 Å². The molecule has 0 saturated heterocycles.